The summed E-state index contributed by atoms with van der Waals surface area (Å²) in [6.07, 6.45) is 2.12. The fraction of sp³-hybridized carbons (Fsp3) is 0.636. The first-order chi connectivity index (χ1) is 8.74. The summed E-state index contributed by atoms with van der Waals surface area (Å²) in [5, 5.41) is 26.4. The molecule has 1 atom stereocenters. The van der Waals surface area contributed by atoms with Crippen LogP contribution in [0, 0.1) is 11.3 Å². The van der Waals surface area contributed by atoms with E-state index in [4.69, 9.17) is 24.8 Å². The third-order valence-electron chi connectivity index (χ3n) is 2.58. The van der Waals surface area contributed by atoms with Crippen LogP contribution in [0.2, 0.25) is 0 Å². The zero-order valence-electron chi connectivity index (χ0n) is 10.3. The predicted molar refractivity (Wildman–Crippen MR) is 65.2 cm³/mol. The van der Waals surface area contributed by atoms with E-state index in [0.29, 0.717) is 32.7 Å². The molecule has 7 heteroatoms. The maximum atomic E-state index is 8.99. The van der Waals surface area contributed by atoms with Gasteiger partial charge in [0.05, 0.1) is 0 Å². The second-order valence-electron chi connectivity index (χ2n) is 3.77. The highest BCUT2D eigenvalue weighted by Crippen LogP contribution is 2.23. The van der Waals surface area contributed by atoms with Gasteiger partial charge in [0.25, 0.3) is 0 Å². The van der Waals surface area contributed by atoms with E-state index in [2.05, 4.69) is 4.99 Å². The Kier molecular flexibility index (Phi) is 6.26. The Morgan fingerprint density at radius 2 is 2.33 bits per heavy atom. The first-order valence-electron chi connectivity index (χ1n) is 5.86. The summed E-state index contributed by atoms with van der Waals surface area (Å²) in [6.45, 7) is 2.00. The van der Waals surface area contributed by atoms with Crippen molar-refractivity contribution < 1.29 is 19.5 Å². The number of nitriles is 1. The van der Waals surface area contributed by atoms with Crippen molar-refractivity contribution in [2.45, 2.75) is 38.7 Å². The van der Waals surface area contributed by atoms with E-state index >= 15 is 0 Å². The highest BCUT2D eigenvalue weighted by atomic mass is 16.5. The Bertz CT molecular complexity index is 376. The lowest BCUT2D eigenvalue weighted by Gasteiger charge is -2.22. The molecule has 0 aromatic carbocycles. The first-order valence-corrected chi connectivity index (χ1v) is 5.86. The molecule has 0 aromatic heterocycles. The fourth-order valence-corrected chi connectivity index (χ4v) is 1.62. The maximum Gasteiger partial charge on any atom is 0.570 e. The molecule has 0 saturated carbocycles. The van der Waals surface area contributed by atoms with Crippen LogP contribution in [0.25, 0.3) is 0 Å². The first kappa shape index (κ1) is 14.5. The number of hydrogen-bond acceptors (Lipinski definition) is 6. The molecule has 6 nitrogen and oxygen atoms in total. The summed E-state index contributed by atoms with van der Waals surface area (Å²) < 4.78 is 10.4. The molecule has 0 bridgehead atoms. The van der Waals surface area contributed by atoms with Gasteiger partial charge in [-0.1, -0.05) is 6.92 Å². The van der Waals surface area contributed by atoms with Gasteiger partial charge in [0.1, 0.15) is 17.9 Å². The van der Waals surface area contributed by atoms with E-state index in [9.17, 15) is 0 Å². The van der Waals surface area contributed by atoms with Crippen molar-refractivity contribution in [3.8, 4) is 6.07 Å². The van der Waals surface area contributed by atoms with Gasteiger partial charge >= 0.3 is 7.69 Å². The number of hydrogen-bond donors (Lipinski definition) is 2. The van der Waals surface area contributed by atoms with Gasteiger partial charge in [0.15, 0.2) is 11.6 Å². The molecule has 0 aromatic rings. The molecule has 0 amide bonds. The van der Waals surface area contributed by atoms with Crippen LogP contribution < -0.4 is 0 Å². The smallest absolute Gasteiger partial charge is 0.527 e. The molecule has 1 unspecified atom stereocenters. The predicted octanol–water partition coefficient (Wildman–Crippen LogP) is 0.635. The highest BCUT2D eigenvalue weighted by Gasteiger charge is 2.20. The average Bonchev–Trinajstić information content (AvgIpc) is 2.40. The van der Waals surface area contributed by atoms with E-state index < -0.39 is 0 Å². The second-order valence-corrected chi connectivity index (χ2v) is 3.77. The van der Waals surface area contributed by atoms with Crippen LogP contribution in [0.1, 0.15) is 32.6 Å². The number of nitrogens with zero attached hydrogens (tertiary/aromatic N) is 2. The van der Waals surface area contributed by atoms with Crippen LogP contribution in [0.5, 0.6) is 0 Å². The Hall–Kier alpha value is -1.52. The van der Waals surface area contributed by atoms with Gasteiger partial charge in [-0.05, 0) is 6.42 Å². The molecule has 1 radical (unpaired) electrons. The minimum atomic E-state index is -0.115. The van der Waals surface area contributed by atoms with Crippen LogP contribution in [-0.2, 0) is 9.39 Å². The fourth-order valence-electron chi connectivity index (χ4n) is 1.62. The van der Waals surface area contributed by atoms with Crippen molar-refractivity contribution in [3.63, 3.8) is 0 Å². The topological polar surface area (TPSA) is 95.1 Å². The van der Waals surface area contributed by atoms with Gasteiger partial charge in [-0.15, -0.1) is 0 Å². The van der Waals surface area contributed by atoms with Crippen molar-refractivity contribution in [2.24, 2.45) is 4.99 Å². The third-order valence-corrected chi connectivity index (χ3v) is 2.58. The molecule has 0 fully saturated rings. The number of allylic oxidation sites excluding steroid dienone is 2. The summed E-state index contributed by atoms with van der Waals surface area (Å²) >= 11 is 0. The van der Waals surface area contributed by atoms with E-state index in [1.54, 1.807) is 0 Å². The van der Waals surface area contributed by atoms with Gasteiger partial charge in [-0.3, -0.25) is 0 Å². The van der Waals surface area contributed by atoms with Crippen molar-refractivity contribution in [1.82, 2.24) is 0 Å². The molecule has 0 spiro atoms. The minimum Gasteiger partial charge on any atom is -0.527 e. The highest BCUT2D eigenvalue weighted by molar-refractivity contribution is 6.21. The van der Waals surface area contributed by atoms with E-state index in [1.165, 1.54) is 0 Å². The summed E-state index contributed by atoms with van der Waals surface area (Å²) in [5.74, 6) is 0.805. The van der Waals surface area contributed by atoms with E-state index in [0.717, 1.165) is 6.42 Å². The van der Waals surface area contributed by atoms with Crippen molar-refractivity contribution >= 4 is 13.6 Å². The van der Waals surface area contributed by atoms with E-state index in [1.807, 2.05) is 13.0 Å². The molecule has 1 heterocycles. The molecule has 0 aliphatic carbocycles. The maximum absolute atomic E-state index is 8.99. The van der Waals surface area contributed by atoms with Crippen LogP contribution in [0.3, 0.4) is 0 Å². The summed E-state index contributed by atoms with van der Waals surface area (Å²) in [6, 6.07) is 1.94. The van der Waals surface area contributed by atoms with E-state index in [-0.39, 0.29) is 24.3 Å². The molecule has 97 valence electrons. The Morgan fingerprint density at radius 3 is 2.89 bits per heavy atom. The van der Waals surface area contributed by atoms with Crippen molar-refractivity contribution in [2.75, 3.05) is 6.61 Å². The molecule has 1 aliphatic heterocycles. The largest absolute Gasteiger partial charge is 0.570 e. The molecule has 0 saturated heterocycles. The second kappa shape index (κ2) is 7.74. The van der Waals surface area contributed by atoms with Crippen LogP contribution in [0.15, 0.2) is 16.4 Å². The molecule has 1 rings (SSSR count). The van der Waals surface area contributed by atoms with Crippen molar-refractivity contribution in [3.05, 3.63) is 11.5 Å². The lowest BCUT2D eigenvalue weighted by Crippen LogP contribution is -2.18. The lowest BCUT2D eigenvalue weighted by molar-refractivity contribution is 0.0786. The van der Waals surface area contributed by atoms with Gasteiger partial charge in [-0.25, -0.2) is 4.99 Å². The summed E-state index contributed by atoms with van der Waals surface area (Å²) in [4.78, 5) is 3.95. The Labute approximate surface area is 107 Å². The minimum absolute atomic E-state index is 0.0464. The molecular weight excluding hydrogens is 235 g/mol. The molecule has 2 N–H and O–H groups in total. The molecule has 18 heavy (non-hydrogen) atoms. The SMILES string of the molecule is CCC(CCO)OC1=C(C#N)N=C(O[B]O)CC1. The zero-order valence-corrected chi connectivity index (χ0v) is 10.3. The quantitative estimate of drug-likeness (QED) is 0.675. The average molecular weight is 251 g/mol. The number of aliphatic imine (C=N–C) groups is 1. The Morgan fingerprint density at radius 1 is 1.56 bits per heavy atom. The normalized spacial score (nSPS) is 16.7. The molecule has 1 aliphatic rings. The standard InChI is InChI=1S/C11H16BN2O4/c1-2-8(5-6-15)17-10-3-4-11(18-12-16)14-9(10)7-13/h8,15-16H,2-6H2,1H3. The lowest BCUT2D eigenvalue weighted by atomic mass is 10.1. The molecular formula is C11H16BN2O4. The number of ether oxygens (including phenoxy) is 1. The van der Waals surface area contributed by atoms with Gasteiger partial charge in [0.2, 0.25) is 0 Å². The summed E-state index contributed by atoms with van der Waals surface area (Å²) in [5.41, 5.74) is 0.162. The van der Waals surface area contributed by atoms with Crippen LogP contribution in [-0.4, -0.2) is 36.4 Å². The number of aliphatic hydroxyl groups excluding tert-OH is 1. The van der Waals surface area contributed by atoms with Gasteiger partial charge in [0, 0.05) is 25.9 Å². The van der Waals surface area contributed by atoms with Crippen LogP contribution >= 0.6 is 0 Å². The monoisotopic (exact) mass is 251 g/mol. The summed E-state index contributed by atoms with van der Waals surface area (Å²) in [7, 11) is 0.542. The van der Waals surface area contributed by atoms with Gasteiger partial charge in [-0.2, -0.15) is 5.26 Å². The third kappa shape index (κ3) is 4.06. The number of rotatable bonds is 6. The Balaban J connectivity index is 2.76. The van der Waals surface area contributed by atoms with Gasteiger partial charge < -0.3 is 19.5 Å². The van der Waals surface area contributed by atoms with Crippen molar-refractivity contribution in [1.29, 1.82) is 5.26 Å². The van der Waals surface area contributed by atoms with Crippen LogP contribution in [0.4, 0.5) is 0 Å². The zero-order chi connectivity index (χ0) is 13.4. The number of aliphatic hydroxyl groups is 1.